The highest BCUT2D eigenvalue weighted by Crippen LogP contribution is 2.29. The van der Waals surface area contributed by atoms with Crippen molar-refractivity contribution in [1.82, 2.24) is 4.98 Å². The minimum Gasteiger partial charge on any atom is -0.392 e. The Bertz CT molecular complexity index is 333. The normalized spacial score (nSPS) is 11.0. The average Bonchev–Trinajstić information content (AvgIpc) is 2.17. The van der Waals surface area contributed by atoms with Crippen LogP contribution in [0, 0.1) is 0 Å². The molecule has 1 aromatic heterocycles. The third kappa shape index (κ3) is 2.00. The molecule has 0 aliphatic rings. The van der Waals surface area contributed by atoms with Gasteiger partial charge in [-0.2, -0.15) is 0 Å². The van der Waals surface area contributed by atoms with Crippen LogP contribution in [0.2, 0.25) is 5.15 Å². The molecular weight excluding hydrogens is 214 g/mol. The van der Waals surface area contributed by atoms with Crippen molar-refractivity contribution in [2.24, 2.45) is 5.73 Å². The quantitative estimate of drug-likeness (QED) is 0.765. The second-order valence-electron chi connectivity index (χ2n) is 2.63. The van der Waals surface area contributed by atoms with E-state index in [0.29, 0.717) is 0 Å². The number of aromatic nitrogens is 1. The van der Waals surface area contributed by atoms with E-state index in [1.165, 1.54) is 0 Å². The van der Waals surface area contributed by atoms with Crippen LogP contribution in [0.5, 0.6) is 0 Å². The van der Waals surface area contributed by atoms with Gasteiger partial charge in [0.15, 0.2) is 0 Å². The van der Waals surface area contributed by atoms with Crippen molar-refractivity contribution < 1.29 is 13.9 Å². The summed E-state index contributed by atoms with van der Waals surface area (Å²) in [6, 6.07) is 0. The van der Waals surface area contributed by atoms with Gasteiger partial charge in [0.2, 0.25) is 0 Å². The SMILES string of the molecule is NCc1c(Cl)ncc(CO)c1C(F)F. The van der Waals surface area contributed by atoms with Crippen LogP contribution < -0.4 is 5.73 Å². The Balaban J connectivity index is 3.36. The lowest BCUT2D eigenvalue weighted by Crippen LogP contribution is -2.08. The van der Waals surface area contributed by atoms with E-state index in [4.69, 9.17) is 22.4 Å². The largest absolute Gasteiger partial charge is 0.392 e. The molecule has 0 saturated carbocycles. The smallest absolute Gasteiger partial charge is 0.264 e. The lowest BCUT2D eigenvalue weighted by atomic mass is 10.1. The maximum Gasteiger partial charge on any atom is 0.264 e. The van der Waals surface area contributed by atoms with Crippen LogP contribution in [-0.2, 0) is 13.2 Å². The molecule has 0 aliphatic carbocycles. The van der Waals surface area contributed by atoms with Crippen molar-refractivity contribution in [3.8, 4) is 0 Å². The zero-order valence-corrected chi connectivity index (χ0v) is 7.93. The van der Waals surface area contributed by atoms with Gasteiger partial charge in [-0.25, -0.2) is 13.8 Å². The summed E-state index contributed by atoms with van der Waals surface area (Å²) in [7, 11) is 0. The first-order valence-electron chi connectivity index (χ1n) is 3.87. The molecule has 0 spiro atoms. The zero-order valence-electron chi connectivity index (χ0n) is 7.17. The van der Waals surface area contributed by atoms with E-state index in [2.05, 4.69) is 4.98 Å². The Morgan fingerprint density at radius 3 is 2.64 bits per heavy atom. The van der Waals surface area contributed by atoms with Crippen molar-refractivity contribution >= 4 is 11.6 Å². The zero-order chi connectivity index (χ0) is 10.7. The molecule has 3 N–H and O–H groups in total. The van der Waals surface area contributed by atoms with E-state index in [1.807, 2.05) is 0 Å². The molecule has 1 heterocycles. The number of nitrogens with zero attached hydrogens (tertiary/aromatic N) is 1. The summed E-state index contributed by atoms with van der Waals surface area (Å²) in [4.78, 5) is 3.66. The fourth-order valence-electron chi connectivity index (χ4n) is 1.18. The second-order valence-corrected chi connectivity index (χ2v) is 2.99. The van der Waals surface area contributed by atoms with Crippen LogP contribution in [0.15, 0.2) is 6.20 Å². The van der Waals surface area contributed by atoms with Crippen LogP contribution >= 0.6 is 11.6 Å². The second kappa shape index (κ2) is 4.63. The molecule has 1 aromatic rings. The van der Waals surface area contributed by atoms with Crippen LogP contribution in [0.3, 0.4) is 0 Å². The summed E-state index contributed by atoms with van der Waals surface area (Å²) < 4.78 is 25.2. The Hall–Kier alpha value is -0.780. The van der Waals surface area contributed by atoms with Gasteiger partial charge in [0.25, 0.3) is 6.43 Å². The summed E-state index contributed by atoms with van der Waals surface area (Å²) in [5, 5.41) is 8.78. The Kier molecular flexibility index (Phi) is 3.74. The van der Waals surface area contributed by atoms with Crippen LogP contribution in [-0.4, -0.2) is 10.1 Å². The van der Waals surface area contributed by atoms with Gasteiger partial charge < -0.3 is 10.8 Å². The molecule has 0 unspecified atom stereocenters. The molecule has 1 rings (SSSR count). The molecule has 0 saturated heterocycles. The lowest BCUT2D eigenvalue weighted by molar-refractivity contribution is 0.145. The topological polar surface area (TPSA) is 59.1 Å². The summed E-state index contributed by atoms with van der Waals surface area (Å²) in [5.74, 6) is 0. The van der Waals surface area contributed by atoms with E-state index in [1.54, 1.807) is 0 Å². The minimum atomic E-state index is -2.71. The number of aliphatic hydroxyl groups excluding tert-OH is 1. The number of nitrogens with two attached hydrogens (primary N) is 1. The average molecular weight is 223 g/mol. The highest BCUT2D eigenvalue weighted by atomic mass is 35.5. The third-order valence-electron chi connectivity index (χ3n) is 1.85. The first-order chi connectivity index (χ1) is 6.61. The third-order valence-corrected chi connectivity index (χ3v) is 2.17. The molecule has 0 bridgehead atoms. The van der Waals surface area contributed by atoms with Crippen molar-refractivity contribution in [3.05, 3.63) is 28.0 Å². The van der Waals surface area contributed by atoms with Gasteiger partial charge >= 0.3 is 0 Å². The molecule has 14 heavy (non-hydrogen) atoms. The summed E-state index contributed by atoms with van der Waals surface area (Å²) >= 11 is 5.60. The number of aliphatic hydroxyl groups is 1. The Morgan fingerprint density at radius 1 is 1.57 bits per heavy atom. The maximum absolute atomic E-state index is 12.6. The predicted octanol–water partition coefficient (Wildman–Crippen LogP) is 1.62. The minimum absolute atomic E-state index is 0.0417. The van der Waals surface area contributed by atoms with E-state index >= 15 is 0 Å². The maximum atomic E-state index is 12.6. The summed E-state index contributed by atoms with van der Waals surface area (Å²) in [6.07, 6.45) is -1.58. The van der Waals surface area contributed by atoms with Gasteiger partial charge in [-0.1, -0.05) is 11.6 Å². The highest BCUT2D eigenvalue weighted by Gasteiger charge is 2.19. The fourth-order valence-corrected chi connectivity index (χ4v) is 1.41. The number of alkyl halides is 2. The highest BCUT2D eigenvalue weighted by molar-refractivity contribution is 6.30. The fraction of sp³-hybridized carbons (Fsp3) is 0.375. The van der Waals surface area contributed by atoms with Gasteiger partial charge in [0.05, 0.1) is 6.61 Å². The van der Waals surface area contributed by atoms with Gasteiger partial charge in [0, 0.05) is 29.4 Å². The van der Waals surface area contributed by atoms with Crippen molar-refractivity contribution in [3.63, 3.8) is 0 Å². The van der Waals surface area contributed by atoms with Crippen molar-refractivity contribution in [2.75, 3.05) is 0 Å². The molecule has 0 atom stereocenters. The molecular formula is C8H9ClF2N2O. The summed E-state index contributed by atoms with van der Waals surface area (Å²) in [5.41, 5.74) is 5.11. The first-order valence-corrected chi connectivity index (χ1v) is 4.24. The van der Waals surface area contributed by atoms with Gasteiger partial charge in [-0.05, 0) is 0 Å². The Morgan fingerprint density at radius 2 is 2.21 bits per heavy atom. The molecule has 0 radical (unpaired) electrons. The molecule has 3 nitrogen and oxygen atoms in total. The standard InChI is InChI=1S/C8H9ClF2N2O/c9-7-5(1-12)6(8(10)11)4(3-14)2-13-7/h2,8,14H,1,3,12H2. The van der Waals surface area contributed by atoms with Crippen molar-refractivity contribution in [1.29, 1.82) is 0 Å². The molecule has 0 amide bonds. The Labute approximate surface area is 84.5 Å². The van der Waals surface area contributed by atoms with Gasteiger partial charge in [-0.3, -0.25) is 0 Å². The van der Waals surface area contributed by atoms with Crippen molar-refractivity contribution in [2.45, 2.75) is 19.6 Å². The molecule has 0 fully saturated rings. The summed E-state index contributed by atoms with van der Waals surface area (Å²) in [6.45, 7) is -0.629. The van der Waals surface area contributed by atoms with E-state index < -0.39 is 13.0 Å². The van der Waals surface area contributed by atoms with E-state index in [-0.39, 0.29) is 28.4 Å². The number of pyridine rings is 1. The molecule has 6 heteroatoms. The number of hydrogen-bond acceptors (Lipinski definition) is 3. The lowest BCUT2D eigenvalue weighted by Gasteiger charge is -2.12. The van der Waals surface area contributed by atoms with Gasteiger partial charge in [0.1, 0.15) is 5.15 Å². The van der Waals surface area contributed by atoms with E-state index in [0.717, 1.165) is 6.20 Å². The number of halogens is 3. The number of rotatable bonds is 3. The predicted molar refractivity (Wildman–Crippen MR) is 48.0 cm³/mol. The monoisotopic (exact) mass is 222 g/mol. The van der Waals surface area contributed by atoms with Crippen LogP contribution in [0.25, 0.3) is 0 Å². The van der Waals surface area contributed by atoms with Crippen LogP contribution in [0.1, 0.15) is 23.1 Å². The molecule has 0 aromatic carbocycles. The van der Waals surface area contributed by atoms with E-state index in [9.17, 15) is 8.78 Å². The van der Waals surface area contributed by atoms with Gasteiger partial charge in [-0.15, -0.1) is 0 Å². The first kappa shape index (κ1) is 11.3. The van der Waals surface area contributed by atoms with Crippen LogP contribution in [0.4, 0.5) is 8.78 Å². The number of hydrogen-bond donors (Lipinski definition) is 2. The molecule has 0 aliphatic heterocycles. The molecule has 78 valence electrons.